The molecule has 3 rings (SSSR count). The molecule has 1 aromatic heterocycles. The predicted octanol–water partition coefficient (Wildman–Crippen LogP) is 3.77. The van der Waals surface area contributed by atoms with Crippen LogP contribution in [0.3, 0.4) is 0 Å². The van der Waals surface area contributed by atoms with Gasteiger partial charge in [-0.2, -0.15) is 0 Å². The third kappa shape index (κ3) is 4.55. The molecule has 1 aliphatic rings. The molecular formula is C23H32ClNO3. The standard InChI is InChI=1S/C23H32ClNO3/c1-4-5-6-7-10-17-16(3)18-12-20(24)21(26)19(22(18)28-23(17)27)14-25-11-8-9-15(2)13-25/h12,15,26H,4-11,13-14H2,1-3H3. The van der Waals surface area contributed by atoms with E-state index in [2.05, 4.69) is 13.8 Å². The zero-order valence-corrected chi connectivity index (χ0v) is 18.1. The maximum Gasteiger partial charge on any atom is 0.339 e. The van der Waals surface area contributed by atoms with Crippen molar-refractivity contribution in [3.63, 3.8) is 0 Å². The second kappa shape index (κ2) is 9.32. The quantitative estimate of drug-likeness (QED) is 0.563. The molecule has 0 aliphatic carbocycles. The van der Waals surface area contributed by atoms with Crippen LogP contribution >= 0.6 is 11.6 Å². The summed E-state index contributed by atoms with van der Waals surface area (Å²) in [4.78, 5) is 14.1. The molecule has 0 radical (unpaired) electrons. The van der Waals surface area contributed by atoms with Crippen LogP contribution in [0.1, 0.15) is 69.1 Å². The molecule has 0 bridgehead atoms. The molecule has 2 unspecified atom stereocenters. The Bertz CT molecular complexity index is 890. The van der Waals surface area contributed by atoms with Gasteiger partial charge in [-0.1, -0.05) is 50.5 Å². The molecule has 2 heterocycles. The average molecular weight is 406 g/mol. The Morgan fingerprint density at radius 3 is 2.79 bits per heavy atom. The van der Waals surface area contributed by atoms with Gasteiger partial charge in [0.15, 0.2) is 0 Å². The molecule has 0 saturated carbocycles. The van der Waals surface area contributed by atoms with E-state index in [1.807, 2.05) is 6.92 Å². The number of aryl methyl sites for hydroxylation is 1. The number of fused-ring (bicyclic) bond motifs is 1. The van der Waals surface area contributed by atoms with Gasteiger partial charge >= 0.3 is 5.63 Å². The van der Waals surface area contributed by atoms with Crippen LogP contribution in [0.25, 0.3) is 11.0 Å². The maximum absolute atomic E-state index is 12.8. The van der Waals surface area contributed by atoms with Crippen LogP contribution in [-0.2, 0) is 13.0 Å². The van der Waals surface area contributed by atoms with Crippen molar-refractivity contribution in [2.45, 2.75) is 72.3 Å². The van der Waals surface area contributed by atoms with Crippen LogP contribution < -0.4 is 15.6 Å². The van der Waals surface area contributed by atoms with E-state index in [-0.39, 0.29) is 16.4 Å². The number of benzene rings is 1. The predicted molar refractivity (Wildman–Crippen MR) is 112 cm³/mol. The monoisotopic (exact) mass is 405 g/mol. The molecule has 1 aromatic carbocycles. The second-order valence-electron chi connectivity index (χ2n) is 8.47. The van der Waals surface area contributed by atoms with E-state index in [0.29, 0.717) is 30.0 Å². The molecule has 0 spiro atoms. The molecule has 2 aromatic rings. The van der Waals surface area contributed by atoms with E-state index in [4.69, 9.17) is 16.0 Å². The van der Waals surface area contributed by atoms with Gasteiger partial charge in [-0.15, -0.1) is 0 Å². The van der Waals surface area contributed by atoms with Gasteiger partial charge in [0.2, 0.25) is 0 Å². The number of hydrogen-bond acceptors (Lipinski definition) is 3. The summed E-state index contributed by atoms with van der Waals surface area (Å²) in [5.41, 5.74) is 2.34. The van der Waals surface area contributed by atoms with Gasteiger partial charge in [0.1, 0.15) is 12.1 Å². The van der Waals surface area contributed by atoms with Crippen molar-refractivity contribution < 1.29 is 14.4 Å². The van der Waals surface area contributed by atoms with E-state index in [1.165, 1.54) is 17.7 Å². The van der Waals surface area contributed by atoms with E-state index in [0.717, 1.165) is 55.3 Å². The van der Waals surface area contributed by atoms with Gasteiger partial charge in [0.05, 0.1) is 13.1 Å². The summed E-state index contributed by atoms with van der Waals surface area (Å²) in [6, 6.07) is 1.69. The van der Waals surface area contributed by atoms with Gasteiger partial charge in [0, 0.05) is 27.5 Å². The Hall–Kier alpha value is -1.52. The van der Waals surface area contributed by atoms with Crippen molar-refractivity contribution in [2.75, 3.05) is 13.1 Å². The number of quaternary nitrogens is 1. The van der Waals surface area contributed by atoms with Gasteiger partial charge < -0.3 is 14.4 Å². The summed E-state index contributed by atoms with van der Waals surface area (Å²) in [5.74, 6) is 0.450. The summed E-state index contributed by atoms with van der Waals surface area (Å²) < 4.78 is 5.74. The van der Waals surface area contributed by atoms with Crippen LogP contribution in [0.2, 0.25) is 5.02 Å². The SMILES string of the molecule is CCCCCCc1c(C)c2cc(Cl)c([O-])c(C[NH+]3CCCC(C)C3)c2oc1=O. The molecule has 28 heavy (non-hydrogen) atoms. The molecule has 154 valence electrons. The fraction of sp³-hybridized carbons (Fsp3) is 0.609. The van der Waals surface area contributed by atoms with Crippen LogP contribution in [0.15, 0.2) is 15.3 Å². The Balaban J connectivity index is 1.99. The molecule has 1 aliphatic heterocycles. The number of likely N-dealkylation sites (tertiary alicyclic amines) is 1. The third-order valence-electron chi connectivity index (χ3n) is 6.15. The molecule has 0 amide bonds. The topological polar surface area (TPSA) is 57.7 Å². The number of rotatable bonds is 7. The largest absolute Gasteiger partial charge is 0.871 e. The van der Waals surface area contributed by atoms with E-state index >= 15 is 0 Å². The van der Waals surface area contributed by atoms with Gasteiger partial charge in [-0.3, -0.25) is 0 Å². The number of nitrogens with one attached hydrogen (secondary N) is 1. The maximum atomic E-state index is 12.8. The van der Waals surface area contributed by atoms with E-state index < -0.39 is 0 Å². The molecule has 5 heteroatoms. The van der Waals surface area contributed by atoms with Crippen molar-refractivity contribution in [1.29, 1.82) is 0 Å². The Morgan fingerprint density at radius 2 is 2.07 bits per heavy atom. The first-order valence-electron chi connectivity index (χ1n) is 10.7. The summed E-state index contributed by atoms with van der Waals surface area (Å²) in [5, 5.41) is 13.8. The van der Waals surface area contributed by atoms with Crippen LogP contribution in [-0.4, -0.2) is 13.1 Å². The van der Waals surface area contributed by atoms with Gasteiger partial charge in [0.25, 0.3) is 0 Å². The molecule has 2 atom stereocenters. The molecule has 1 saturated heterocycles. The van der Waals surface area contributed by atoms with E-state index in [9.17, 15) is 9.90 Å². The third-order valence-corrected chi connectivity index (χ3v) is 6.43. The smallest absolute Gasteiger partial charge is 0.339 e. The van der Waals surface area contributed by atoms with E-state index in [1.54, 1.807) is 6.07 Å². The summed E-state index contributed by atoms with van der Waals surface area (Å²) in [7, 11) is 0. The molecule has 1 N–H and O–H groups in total. The fourth-order valence-electron chi connectivity index (χ4n) is 4.52. The van der Waals surface area contributed by atoms with Crippen LogP contribution in [0.4, 0.5) is 0 Å². The lowest BCUT2D eigenvalue weighted by molar-refractivity contribution is -0.922. The lowest BCUT2D eigenvalue weighted by atomic mass is 9.97. The minimum Gasteiger partial charge on any atom is -0.871 e. The number of piperidine rings is 1. The number of hydrogen-bond donors (Lipinski definition) is 1. The second-order valence-corrected chi connectivity index (χ2v) is 8.88. The highest BCUT2D eigenvalue weighted by Crippen LogP contribution is 2.34. The normalized spacial score (nSPS) is 20.0. The lowest BCUT2D eigenvalue weighted by Crippen LogP contribution is -3.12. The van der Waals surface area contributed by atoms with Crippen molar-refractivity contribution in [1.82, 2.24) is 0 Å². The first-order chi connectivity index (χ1) is 13.4. The lowest BCUT2D eigenvalue weighted by Gasteiger charge is -2.29. The average Bonchev–Trinajstić information content (AvgIpc) is 2.66. The summed E-state index contributed by atoms with van der Waals surface area (Å²) in [6.07, 6.45) is 7.52. The summed E-state index contributed by atoms with van der Waals surface area (Å²) in [6.45, 7) is 9.02. The van der Waals surface area contributed by atoms with Crippen molar-refractivity contribution in [3.05, 3.63) is 38.2 Å². The highest BCUT2D eigenvalue weighted by molar-refractivity contribution is 6.33. The molecule has 4 nitrogen and oxygen atoms in total. The van der Waals surface area contributed by atoms with Crippen LogP contribution in [0, 0.1) is 12.8 Å². The minimum atomic E-state index is -0.300. The number of unbranched alkanes of at least 4 members (excludes halogenated alkanes) is 3. The highest BCUT2D eigenvalue weighted by Gasteiger charge is 2.23. The fourth-order valence-corrected chi connectivity index (χ4v) is 4.74. The van der Waals surface area contributed by atoms with Crippen molar-refractivity contribution in [2.24, 2.45) is 5.92 Å². The zero-order valence-electron chi connectivity index (χ0n) is 17.3. The zero-order chi connectivity index (χ0) is 20.3. The van der Waals surface area contributed by atoms with Crippen molar-refractivity contribution in [3.8, 4) is 5.75 Å². The van der Waals surface area contributed by atoms with Crippen LogP contribution in [0.5, 0.6) is 5.75 Å². The Labute approximate surface area is 172 Å². The van der Waals surface area contributed by atoms with Crippen molar-refractivity contribution >= 4 is 22.6 Å². The van der Waals surface area contributed by atoms with Gasteiger partial charge in [-0.05, 0) is 44.2 Å². The molecule has 1 fully saturated rings. The van der Waals surface area contributed by atoms with Gasteiger partial charge in [-0.25, -0.2) is 4.79 Å². The Kier molecular flexibility index (Phi) is 7.05. The Morgan fingerprint density at radius 1 is 1.29 bits per heavy atom. The first-order valence-corrected chi connectivity index (χ1v) is 11.1. The number of halogens is 1. The highest BCUT2D eigenvalue weighted by atomic mass is 35.5. The first kappa shape index (κ1) is 21.2. The minimum absolute atomic E-state index is 0.196. The summed E-state index contributed by atoms with van der Waals surface area (Å²) >= 11 is 6.31. The molecular weight excluding hydrogens is 374 g/mol.